The van der Waals surface area contributed by atoms with Crippen molar-refractivity contribution in [1.29, 1.82) is 0 Å². The van der Waals surface area contributed by atoms with Gasteiger partial charge in [0.1, 0.15) is 6.17 Å². The van der Waals surface area contributed by atoms with Gasteiger partial charge in [-0.15, -0.1) is 0 Å². The number of benzene rings is 2. The fourth-order valence-corrected chi connectivity index (χ4v) is 3.58. The lowest BCUT2D eigenvalue weighted by Gasteiger charge is -2.28. The molecule has 1 aliphatic heterocycles. The van der Waals surface area contributed by atoms with E-state index in [0.29, 0.717) is 0 Å². The summed E-state index contributed by atoms with van der Waals surface area (Å²) >= 11 is 0. The van der Waals surface area contributed by atoms with Crippen LogP contribution in [0.3, 0.4) is 0 Å². The molecule has 1 heterocycles. The van der Waals surface area contributed by atoms with Crippen LogP contribution in [-0.2, 0) is 0 Å². The van der Waals surface area contributed by atoms with Crippen LogP contribution in [0.4, 0.5) is 17.1 Å². The zero-order valence-corrected chi connectivity index (χ0v) is 16.5. The van der Waals surface area contributed by atoms with E-state index < -0.39 is 0 Å². The Bertz CT molecular complexity index is 734. The van der Waals surface area contributed by atoms with Crippen molar-refractivity contribution in [1.82, 2.24) is 0 Å². The molecule has 2 radical (unpaired) electrons. The maximum absolute atomic E-state index is 5.61. The summed E-state index contributed by atoms with van der Waals surface area (Å²) in [6.45, 7) is 1.03. The van der Waals surface area contributed by atoms with E-state index in [2.05, 4.69) is 53.2 Å². The summed E-state index contributed by atoms with van der Waals surface area (Å²) in [7, 11) is 9.75. The second-order valence-corrected chi connectivity index (χ2v) is 7.03. The van der Waals surface area contributed by atoms with Crippen molar-refractivity contribution >= 4 is 31.1 Å². The van der Waals surface area contributed by atoms with Crippen molar-refractivity contribution in [2.75, 3.05) is 35.4 Å². The van der Waals surface area contributed by atoms with Crippen molar-refractivity contribution in [3.63, 3.8) is 0 Å². The average molecular weight is 360 g/mol. The number of rotatable bonds is 9. The van der Waals surface area contributed by atoms with Gasteiger partial charge in [-0.05, 0) is 30.7 Å². The number of unbranched alkanes of at least 4 members (excludes halogenated alkanes) is 3. The smallest absolute Gasteiger partial charge is 0.140 e. The normalized spacial score (nSPS) is 16.1. The van der Waals surface area contributed by atoms with Crippen LogP contribution in [0, 0.1) is 0 Å². The average Bonchev–Trinajstić information content (AvgIpc) is 2.98. The number of anilines is 3. The Morgan fingerprint density at radius 1 is 0.963 bits per heavy atom. The Hall–Kier alpha value is -2.43. The van der Waals surface area contributed by atoms with E-state index in [0.717, 1.165) is 25.0 Å². The van der Waals surface area contributed by atoms with E-state index in [9.17, 15) is 0 Å². The lowest BCUT2D eigenvalue weighted by Crippen LogP contribution is -2.43. The number of hydrogen-bond acceptors (Lipinski definition) is 4. The molecular formula is C22H29BN4. The van der Waals surface area contributed by atoms with Crippen LogP contribution in [0.15, 0.2) is 59.7 Å². The van der Waals surface area contributed by atoms with Gasteiger partial charge in [0, 0.05) is 20.6 Å². The minimum Gasteiger partial charge on any atom is -0.348 e. The molecule has 5 heteroatoms. The van der Waals surface area contributed by atoms with Crippen LogP contribution < -0.4 is 14.8 Å². The molecule has 1 aliphatic rings. The topological polar surface area (TPSA) is 22.1 Å². The second kappa shape index (κ2) is 9.49. The molecule has 0 saturated carbocycles. The Morgan fingerprint density at radius 2 is 1.63 bits per heavy atom. The first kappa shape index (κ1) is 19.3. The van der Waals surface area contributed by atoms with E-state index in [1.165, 1.54) is 30.6 Å². The van der Waals surface area contributed by atoms with Gasteiger partial charge in [-0.25, -0.2) is 0 Å². The maximum Gasteiger partial charge on any atom is 0.140 e. The highest BCUT2D eigenvalue weighted by Gasteiger charge is 2.31. The van der Waals surface area contributed by atoms with Crippen LogP contribution in [0.5, 0.6) is 0 Å². The molecule has 0 aromatic heterocycles. The van der Waals surface area contributed by atoms with E-state index in [-0.39, 0.29) is 6.17 Å². The Morgan fingerprint density at radius 3 is 2.37 bits per heavy atom. The number of nitrogens with zero attached hydrogens (tertiary/aromatic N) is 4. The molecule has 4 nitrogen and oxygen atoms in total. The summed E-state index contributed by atoms with van der Waals surface area (Å²) in [4.78, 5) is 4.76. The SMILES string of the molecule is [B]CCCCCCN1c2ccccc2N(C)C1/C=N/N(C)c1ccccc1. The van der Waals surface area contributed by atoms with Crippen molar-refractivity contribution < 1.29 is 0 Å². The number of hydrogen-bond donors (Lipinski definition) is 0. The van der Waals surface area contributed by atoms with E-state index in [1.807, 2.05) is 36.5 Å². The summed E-state index contributed by atoms with van der Waals surface area (Å²) in [5.41, 5.74) is 3.64. The van der Waals surface area contributed by atoms with Crippen molar-refractivity contribution in [3.8, 4) is 0 Å². The zero-order valence-electron chi connectivity index (χ0n) is 16.5. The minimum atomic E-state index is 0.128. The summed E-state index contributed by atoms with van der Waals surface area (Å²) < 4.78 is 0. The number of fused-ring (bicyclic) bond motifs is 1. The van der Waals surface area contributed by atoms with Gasteiger partial charge in [-0.3, -0.25) is 5.01 Å². The number of para-hydroxylation sites is 3. The molecule has 1 atom stereocenters. The summed E-state index contributed by atoms with van der Waals surface area (Å²) in [5, 5.41) is 6.65. The molecule has 0 spiro atoms. The van der Waals surface area contributed by atoms with Crippen molar-refractivity contribution in [3.05, 3.63) is 54.6 Å². The fourth-order valence-electron chi connectivity index (χ4n) is 3.58. The lowest BCUT2D eigenvalue weighted by atomic mass is 9.99. The predicted molar refractivity (Wildman–Crippen MR) is 118 cm³/mol. The standard InChI is InChI=1S/C22H29BN4/c1-25-20-14-8-9-15-21(20)27(17-11-4-3-10-16-23)22(25)18-24-26(2)19-12-6-5-7-13-19/h5-9,12-15,18,22H,3-4,10-11,16-17H2,1-2H3/b24-18+. The molecular weight excluding hydrogens is 331 g/mol. The molecule has 140 valence electrons. The Labute approximate surface area is 164 Å². The van der Waals surface area contributed by atoms with E-state index in [1.54, 1.807) is 0 Å². The van der Waals surface area contributed by atoms with Crippen LogP contribution in [0.25, 0.3) is 0 Å². The van der Waals surface area contributed by atoms with E-state index in [4.69, 9.17) is 12.9 Å². The Balaban J connectivity index is 1.72. The molecule has 3 rings (SSSR count). The monoisotopic (exact) mass is 360 g/mol. The van der Waals surface area contributed by atoms with Crippen LogP contribution in [0.2, 0.25) is 6.32 Å². The van der Waals surface area contributed by atoms with Crippen molar-refractivity contribution in [2.45, 2.75) is 38.2 Å². The van der Waals surface area contributed by atoms with Gasteiger partial charge in [0.15, 0.2) is 0 Å². The lowest BCUT2D eigenvalue weighted by molar-refractivity contribution is 0.633. The number of hydrazone groups is 1. The molecule has 27 heavy (non-hydrogen) atoms. The highest BCUT2D eigenvalue weighted by Crippen LogP contribution is 2.38. The third kappa shape index (κ3) is 4.65. The van der Waals surface area contributed by atoms with Gasteiger partial charge in [0.2, 0.25) is 0 Å². The summed E-state index contributed by atoms with van der Waals surface area (Å²) in [5.74, 6) is 0. The molecule has 0 bridgehead atoms. The Kier molecular flexibility index (Phi) is 6.80. The van der Waals surface area contributed by atoms with Crippen LogP contribution in [-0.4, -0.2) is 40.9 Å². The first-order valence-electron chi connectivity index (χ1n) is 9.84. The molecule has 2 aromatic carbocycles. The molecule has 0 fully saturated rings. The first-order chi connectivity index (χ1) is 13.2. The van der Waals surface area contributed by atoms with Gasteiger partial charge in [0.05, 0.1) is 31.1 Å². The molecule has 0 saturated heterocycles. The van der Waals surface area contributed by atoms with Gasteiger partial charge in [-0.2, -0.15) is 5.10 Å². The third-order valence-corrected chi connectivity index (χ3v) is 5.14. The van der Waals surface area contributed by atoms with Gasteiger partial charge in [0.25, 0.3) is 0 Å². The first-order valence-corrected chi connectivity index (χ1v) is 9.84. The molecule has 0 aliphatic carbocycles. The molecule has 1 unspecified atom stereocenters. The van der Waals surface area contributed by atoms with Crippen molar-refractivity contribution in [2.24, 2.45) is 5.10 Å². The summed E-state index contributed by atoms with van der Waals surface area (Å²) in [6.07, 6.45) is 7.67. The minimum absolute atomic E-state index is 0.128. The molecule has 0 N–H and O–H groups in total. The summed E-state index contributed by atoms with van der Waals surface area (Å²) in [6, 6.07) is 18.8. The highest BCUT2D eigenvalue weighted by atomic mass is 15.5. The zero-order chi connectivity index (χ0) is 19.1. The highest BCUT2D eigenvalue weighted by molar-refractivity contribution is 6.08. The van der Waals surface area contributed by atoms with Gasteiger partial charge in [-0.1, -0.05) is 55.9 Å². The van der Waals surface area contributed by atoms with Crippen LogP contribution in [0.1, 0.15) is 25.7 Å². The fraction of sp³-hybridized carbons (Fsp3) is 0.409. The van der Waals surface area contributed by atoms with Gasteiger partial charge >= 0.3 is 0 Å². The third-order valence-electron chi connectivity index (χ3n) is 5.14. The van der Waals surface area contributed by atoms with E-state index >= 15 is 0 Å². The largest absolute Gasteiger partial charge is 0.348 e. The van der Waals surface area contributed by atoms with Crippen LogP contribution >= 0.6 is 0 Å². The predicted octanol–water partition coefficient (Wildman–Crippen LogP) is 4.54. The molecule has 2 aromatic rings. The molecule has 0 amide bonds. The quantitative estimate of drug-likeness (QED) is 0.284. The second-order valence-electron chi connectivity index (χ2n) is 7.03. The maximum atomic E-state index is 5.61. The van der Waals surface area contributed by atoms with Gasteiger partial charge < -0.3 is 9.80 Å².